The van der Waals surface area contributed by atoms with E-state index in [-0.39, 0.29) is 23.8 Å². The van der Waals surface area contributed by atoms with Gasteiger partial charge in [0.25, 0.3) is 0 Å². The second kappa shape index (κ2) is 8.62. The van der Waals surface area contributed by atoms with Gasteiger partial charge in [0.2, 0.25) is 5.91 Å². The molecule has 2 aliphatic heterocycles. The van der Waals surface area contributed by atoms with E-state index in [1.807, 2.05) is 4.90 Å². The molecule has 2 N–H and O–H groups in total. The van der Waals surface area contributed by atoms with Crippen molar-refractivity contribution in [1.29, 1.82) is 0 Å². The maximum atomic E-state index is 13.0. The molecule has 3 unspecified atom stereocenters. The molecule has 0 aromatic carbocycles. The van der Waals surface area contributed by atoms with Gasteiger partial charge in [0, 0.05) is 38.1 Å². The molecule has 3 amide bonds. The summed E-state index contributed by atoms with van der Waals surface area (Å²) in [6.07, 6.45) is 10.5. The third-order valence-corrected chi connectivity index (χ3v) is 9.18. The quantitative estimate of drug-likeness (QED) is 0.719. The number of rotatable bonds is 3. The normalized spacial score (nSPS) is 36.3. The highest BCUT2D eigenvalue weighted by molar-refractivity contribution is 5.80. The highest BCUT2D eigenvalue weighted by Gasteiger charge is 2.46. The number of nitrogens with zero attached hydrogens (tertiary/aromatic N) is 2. The molecule has 0 spiro atoms. The van der Waals surface area contributed by atoms with Crippen molar-refractivity contribution in [3.8, 4) is 0 Å². The van der Waals surface area contributed by atoms with E-state index in [9.17, 15) is 14.4 Å². The van der Waals surface area contributed by atoms with Gasteiger partial charge in [0.1, 0.15) is 0 Å². The maximum absolute atomic E-state index is 13.0. The van der Waals surface area contributed by atoms with Crippen LogP contribution >= 0.6 is 0 Å². The molecule has 5 rings (SSSR count). The number of carboxylic acids is 1. The van der Waals surface area contributed by atoms with E-state index in [1.165, 1.54) is 32.1 Å². The lowest BCUT2D eigenvalue weighted by Crippen LogP contribution is -2.51. The number of carboxylic acid groups (broad SMARTS) is 1. The van der Waals surface area contributed by atoms with Crippen molar-refractivity contribution in [2.45, 2.75) is 70.3 Å². The molecular formula is C24H37N3O4. The van der Waals surface area contributed by atoms with E-state index < -0.39 is 5.97 Å². The first-order chi connectivity index (χ1) is 15.0. The second-order valence-electron chi connectivity index (χ2n) is 10.9. The van der Waals surface area contributed by atoms with Gasteiger partial charge >= 0.3 is 12.0 Å². The Morgan fingerprint density at radius 1 is 0.677 bits per heavy atom. The van der Waals surface area contributed by atoms with E-state index in [4.69, 9.17) is 5.11 Å². The molecule has 3 aliphatic carbocycles. The second-order valence-corrected chi connectivity index (χ2v) is 10.9. The zero-order valence-electron chi connectivity index (χ0n) is 18.5. The molecule has 7 nitrogen and oxygen atoms in total. The Kier molecular flexibility index (Phi) is 5.86. The summed E-state index contributed by atoms with van der Waals surface area (Å²) in [5.41, 5.74) is 0. The van der Waals surface area contributed by atoms with Crippen LogP contribution in [-0.4, -0.2) is 65.0 Å². The topological polar surface area (TPSA) is 90.0 Å². The van der Waals surface area contributed by atoms with E-state index in [2.05, 4.69) is 5.32 Å². The van der Waals surface area contributed by atoms with Crippen molar-refractivity contribution in [2.75, 3.05) is 26.2 Å². The summed E-state index contributed by atoms with van der Waals surface area (Å²) in [4.78, 5) is 40.6. The van der Waals surface area contributed by atoms with Gasteiger partial charge in [-0.3, -0.25) is 9.59 Å². The van der Waals surface area contributed by atoms with Crippen molar-refractivity contribution in [1.82, 2.24) is 15.1 Å². The Hall–Kier alpha value is -1.79. The van der Waals surface area contributed by atoms with Gasteiger partial charge in [-0.1, -0.05) is 0 Å². The SMILES string of the molecule is O=C(O)C1CCN(C(=O)N2CCC(C(=O)NC3CC[C@@H]4CC5CC3C[C@H]4C5)CC2)CC1. The van der Waals surface area contributed by atoms with Crippen LogP contribution in [0.5, 0.6) is 0 Å². The summed E-state index contributed by atoms with van der Waals surface area (Å²) in [5.74, 6) is 2.54. The van der Waals surface area contributed by atoms with Crippen LogP contribution in [0.2, 0.25) is 0 Å². The summed E-state index contributed by atoms with van der Waals surface area (Å²) in [6, 6.07) is 0.372. The first kappa shape index (κ1) is 21.1. The lowest BCUT2D eigenvalue weighted by atomic mass is 9.77. The minimum absolute atomic E-state index is 0.0129. The molecule has 5 fully saturated rings. The predicted molar refractivity (Wildman–Crippen MR) is 115 cm³/mol. The summed E-state index contributed by atoms with van der Waals surface area (Å²) >= 11 is 0. The van der Waals surface area contributed by atoms with Crippen molar-refractivity contribution in [2.24, 2.45) is 35.5 Å². The van der Waals surface area contributed by atoms with Gasteiger partial charge in [-0.15, -0.1) is 0 Å². The number of hydrogen-bond acceptors (Lipinski definition) is 3. The fraction of sp³-hybridized carbons (Fsp3) is 0.875. The van der Waals surface area contributed by atoms with Crippen LogP contribution in [0, 0.1) is 35.5 Å². The Labute approximate surface area is 184 Å². The van der Waals surface area contributed by atoms with Crippen LogP contribution < -0.4 is 5.32 Å². The average molecular weight is 432 g/mol. The first-order valence-corrected chi connectivity index (χ1v) is 12.5. The molecule has 0 aromatic rings. The zero-order valence-corrected chi connectivity index (χ0v) is 18.5. The molecule has 7 heteroatoms. The van der Waals surface area contributed by atoms with Crippen LogP contribution in [0.4, 0.5) is 4.79 Å². The van der Waals surface area contributed by atoms with Crippen molar-refractivity contribution in [3.63, 3.8) is 0 Å². The fourth-order valence-electron chi connectivity index (χ4n) is 7.38. The lowest BCUT2D eigenvalue weighted by Gasteiger charge is -2.38. The molecule has 5 aliphatic rings. The zero-order chi connectivity index (χ0) is 21.5. The number of nitrogens with one attached hydrogen (secondary N) is 1. The van der Waals surface area contributed by atoms with Crippen LogP contribution in [0.25, 0.3) is 0 Å². The van der Waals surface area contributed by atoms with E-state index in [0.29, 0.717) is 51.0 Å². The minimum Gasteiger partial charge on any atom is -0.481 e. The predicted octanol–water partition coefficient (Wildman–Crippen LogP) is 2.95. The van der Waals surface area contributed by atoms with Gasteiger partial charge in [-0.2, -0.15) is 0 Å². The minimum atomic E-state index is -0.756. The molecule has 0 radical (unpaired) electrons. The number of carbonyl (C=O) groups excluding carboxylic acids is 2. The van der Waals surface area contributed by atoms with Crippen LogP contribution in [0.1, 0.15) is 64.2 Å². The van der Waals surface area contributed by atoms with Crippen LogP contribution in [-0.2, 0) is 9.59 Å². The molecule has 5 atom stereocenters. The van der Waals surface area contributed by atoms with Crippen LogP contribution in [0.15, 0.2) is 0 Å². The van der Waals surface area contributed by atoms with E-state index in [0.717, 1.165) is 37.0 Å². The number of fused-ring (bicyclic) bond motifs is 2. The van der Waals surface area contributed by atoms with E-state index in [1.54, 1.807) is 4.90 Å². The number of carbonyl (C=O) groups is 3. The average Bonchev–Trinajstić information content (AvgIpc) is 3.02. The summed E-state index contributed by atoms with van der Waals surface area (Å²) < 4.78 is 0. The number of hydrogen-bond donors (Lipinski definition) is 2. The van der Waals surface area contributed by atoms with Crippen molar-refractivity contribution < 1.29 is 19.5 Å². The van der Waals surface area contributed by atoms with Crippen molar-refractivity contribution in [3.05, 3.63) is 0 Å². The third kappa shape index (κ3) is 4.29. The van der Waals surface area contributed by atoms with Gasteiger partial charge in [-0.25, -0.2) is 4.79 Å². The smallest absolute Gasteiger partial charge is 0.319 e. The standard InChI is InChI=1S/C24H37N3O4/c28-22(25-21-2-1-18-11-15-12-19(18)14-20(21)13-15)16-3-7-26(8-4-16)24(31)27-9-5-17(6-10-27)23(29)30/h15-21H,1-14H2,(H,25,28)(H,29,30)/t15?,18-,19-,20?,21?/m1/s1. The summed E-state index contributed by atoms with van der Waals surface area (Å²) in [5, 5.41) is 12.6. The Morgan fingerprint density at radius 2 is 1.26 bits per heavy atom. The largest absolute Gasteiger partial charge is 0.481 e. The Balaban J connectivity index is 1.09. The molecule has 172 valence electrons. The highest BCUT2D eigenvalue weighted by atomic mass is 16.4. The number of likely N-dealkylation sites (tertiary alicyclic amines) is 2. The number of amides is 3. The van der Waals surface area contributed by atoms with Gasteiger partial charge in [0.15, 0.2) is 0 Å². The molecule has 2 saturated heterocycles. The number of piperidine rings is 2. The maximum Gasteiger partial charge on any atom is 0.319 e. The van der Waals surface area contributed by atoms with Crippen LogP contribution in [0.3, 0.4) is 0 Å². The Morgan fingerprint density at radius 3 is 1.90 bits per heavy atom. The number of aliphatic carboxylic acids is 1. The fourth-order valence-corrected chi connectivity index (χ4v) is 7.38. The summed E-state index contributed by atoms with van der Waals surface area (Å²) in [6.45, 7) is 2.27. The molecule has 3 saturated carbocycles. The molecule has 31 heavy (non-hydrogen) atoms. The molecule has 3 bridgehead atoms. The van der Waals surface area contributed by atoms with Crippen molar-refractivity contribution >= 4 is 17.9 Å². The number of urea groups is 1. The van der Waals surface area contributed by atoms with Gasteiger partial charge < -0.3 is 20.2 Å². The Bertz CT molecular complexity index is 712. The molecule has 2 heterocycles. The van der Waals surface area contributed by atoms with E-state index >= 15 is 0 Å². The van der Waals surface area contributed by atoms with Gasteiger partial charge in [0.05, 0.1) is 5.92 Å². The monoisotopic (exact) mass is 431 g/mol. The lowest BCUT2D eigenvalue weighted by molar-refractivity contribution is -0.143. The van der Waals surface area contributed by atoms with Gasteiger partial charge in [-0.05, 0) is 87.9 Å². The summed E-state index contributed by atoms with van der Waals surface area (Å²) in [7, 11) is 0. The molecule has 0 aromatic heterocycles. The third-order valence-electron chi connectivity index (χ3n) is 9.18. The molecular weight excluding hydrogens is 394 g/mol. The first-order valence-electron chi connectivity index (χ1n) is 12.5. The highest BCUT2D eigenvalue weighted by Crippen LogP contribution is 2.53.